The van der Waals surface area contributed by atoms with Crippen molar-refractivity contribution in [3.63, 3.8) is 0 Å². The Hall–Kier alpha value is -3.54. The van der Waals surface area contributed by atoms with Crippen LogP contribution in [0.2, 0.25) is 0 Å². The fraction of sp³-hybridized carbons (Fsp3) is 0.273. The van der Waals surface area contributed by atoms with E-state index in [1.54, 1.807) is 47.0 Å². The number of aromatic nitrogens is 1. The van der Waals surface area contributed by atoms with Crippen LogP contribution < -0.4 is 5.32 Å². The third-order valence-electron chi connectivity index (χ3n) is 7.13. The number of benzene rings is 3. The molecule has 0 fully saturated rings. The number of phenolic OH excluding ortho intramolecular Hbond substituents is 1. The summed E-state index contributed by atoms with van der Waals surface area (Å²) in [4.78, 5) is 25.1. The normalized spacial score (nSPS) is 12.4. The van der Waals surface area contributed by atoms with Crippen LogP contribution in [0.25, 0.3) is 22.3 Å². The Bertz CT molecular complexity index is 1590. The Kier molecular flexibility index (Phi) is 12.3. The van der Waals surface area contributed by atoms with Gasteiger partial charge in [0, 0.05) is 22.9 Å². The number of para-hydroxylation sites is 2. The van der Waals surface area contributed by atoms with Crippen LogP contribution in [-0.2, 0) is 11.2 Å². The van der Waals surface area contributed by atoms with Crippen LogP contribution in [0.5, 0.6) is 5.75 Å². The summed E-state index contributed by atoms with van der Waals surface area (Å²) in [5, 5.41) is 42.9. The van der Waals surface area contributed by atoms with Gasteiger partial charge < -0.3 is 30.3 Å². The van der Waals surface area contributed by atoms with Crippen LogP contribution in [0.4, 0.5) is 14.5 Å². The molecule has 0 unspecified atom stereocenters. The topological polar surface area (TPSA) is 132 Å². The molecular weight excluding hydrogens is 581 g/mol. The van der Waals surface area contributed by atoms with Crippen molar-refractivity contribution in [2.24, 2.45) is 0 Å². The Morgan fingerprint density at radius 1 is 0.841 bits per heavy atom. The number of nitrogens with one attached hydrogen (secondary N) is 1. The Morgan fingerprint density at radius 2 is 1.39 bits per heavy atom. The van der Waals surface area contributed by atoms with E-state index in [1.165, 1.54) is 30.3 Å². The van der Waals surface area contributed by atoms with Crippen molar-refractivity contribution in [1.29, 1.82) is 0 Å². The van der Waals surface area contributed by atoms with Gasteiger partial charge in [-0.05, 0) is 80.6 Å². The molecule has 228 valence electrons. The number of aliphatic hydroxyl groups excluding tert-OH is 2. The molecule has 0 aliphatic heterocycles. The van der Waals surface area contributed by atoms with Crippen molar-refractivity contribution in [3.05, 3.63) is 95.8 Å². The first-order valence-electron chi connectivity index (χ1n) is 13.9. The minimum absolute atomic E-state index is 0. The number of carboxylic acids is 1. The Balaban J connectivity index is 0.00000529. The molecule has 44 heavy (non-hydrogen) atoms. The third-order valence-corrected chi connectivity index (χ3v) is 7.13. The maximum absolute atomic E-state index is 14.1. The van der Waals surface area contributed by atoms with Crippen LogP contribution >= 0.6 is 0 Å². The predicted molar refractivity (Wildman–Crippen MR) is 166 cm³/mol. The number of aromatic hydroxyl groups is 1. The number of carbonyl (C=O) groups excluding carboxylic acids is 1. The number of halogens is 2. The molecule has 5 N–H and O–H groups in total. The van der Waals surface area contributed by atoms with E-state index in [0.29, 0.717) is 27.9 Å². The summed E-state index contributed by atoms with van der Waals surface area (Å²) in [6.07, 6.45) is -2.65. The van der Waals surface area contributed by atoms with Crippen LogP contribution in [0.15, 0.2) is 72.8 Å². The number of nitrogens with zero attached hydrogens (tertiary/aromatic N) is 1. The zero-order valence-electron chi connectivity index (χ0n) is 23.8. The van der Waals surface area contributed by atoms with E-state index in [-0.39, 0.29) is 72.0 Å². The van der Waals surface area contributed by atoms with Crippen LogP contribution in [0.3, 0.4) is 0 Å². The standard InChI is InChI=1S/C33H34F2N2O6.Na.H/c1-19(2)37-27(16-15-24(38)17-25(39)18-29(41)42)30(20-7-11-22(34)12-8-20)31(21-9-13-23(35)14-10-21)32(37)33(43)36-26-5-3-4-6-28(26)40;;/h3-14,19,24-25,38-40H,15-18H2,1-2H3,(H,36,43)(H,41,42);;/t24-,25-;;/m1../s1. The second-order valence-corrected chi connectivity index (χ2v) is 10.7. The van der Waals surface area contributed by atoms with Gasteiger partial charge in [0.05, 0.1) is 24.3 Å². The van der Waals surface area contributed by atoms with Crippen molar-refractivity contribution in [1.82, 2.24) is 4.57 Å². The van der Waals surface area contributed by atoms with Gasteiger partial charge in [-0.2, -0.15) is 0 Å². The number of aliphatic carboxylic acids is 1. The first kappa shape index (κ1) is 34.9. The molecule has 11 heteroatoms. The number of aliphatic hydroxyl groups is 2. The van der Waals surface area contributed by atoms with Crippen molar-refractivity contribution in [2.75, 3.05) is 5.32 Å². The number of phenols is 1. The third kappa shape index (κ3) is 8.34. The van der Waals surface area contributed by atoms with Gasteiger partial charge in [0.25, 0.3) is 5.91 Å². The van der Waals surface area contributed by atoms with Gasteiger partial charge in [-0.15, -0.1) is 0 Å². The number of carbonyl (C=O) groups is 2. The summed E-state index contributed by atoms with van der Waals surface area (Å²) >= 11 is 0. The molecule has 4 rings (SSSR count). The predicted octanol–water partition coefficient (Wildman–Crippen LogP) is 5.51. The Morgan fingerprint density at radius 3 is 1.91 bits per heavy atom. The average molecular weight is 617 g/mol. The summed E-state index contributed by atoms with van der Waals surface area (Å²) in [5.74, 6) is -2.81. The monoisotopic (exact) mass is 616 g/mol. The number of hydrogen-bond acceptors (Lipinski definition) is 5. The fourth-order valence-corrected chi connectivity index (χ4v) is 5.28. The van der Waals surface area contributed by atoms with E-state index in [0.717, 1.165) is 0 Å². The van der Waals surface area contributed by atoms with Crippen LogP contribution in [0.1, 0.15) is 55.3 Å². The Labute approximate surface area is 276 Å². The van der Waals surface area contributed by atoms with Gasteiger partial charge in [-0.1, -0.05) is 36.4 Å². The molecule has 0 saturated heterocycles. The first-order chi connectivity index (χ1) is 20.5. The maximum atomic E-state index is 14.1. The van der Waals surface area contributed by atoms with Gasteiger partial charge >= 0.3 is 35.5 Å². The summed E-state index contributed by atoms with van der Waals surface area (Å²) in [7, 11) is 0. The van der Waals surface area contributed by atoms with Crippen molar-refractivity contribution in [3.8, 4) is 28.0 Å². The molecule has 1 heterocycles. The van der Waals surface area contributed by atoms with Crippen molar-refractivity contribution in [2.45, 2.75) is 57.8 Å². The molecule has 3 aromatic carbocycles. The van der Waals surface area contributed by atoms with Crippen molar-refractivity contribution < 1.29 is 38.8 Å². The van der Waals surface area contributed by atoms with Gasteiger partial charge in [0.1, 0.15) is 23.1 Å². The van der Waals surface area contributed by atoms with E-state index < -0.39 is 42.1 Å². The molecule has 1 aromatic heterocycles. The summed E-state index contributed by atoms with van der Waals surface area (Å²) in [5.41, 5.74) is 3.12. The summed E-state index contributed by atoms with van der Waals surface area (Å²) < 4.78 is 29.9. The minimum atomic E-state index is -1.24. The molecular formula is C33H35F2N2NaO6. The molecule has 0 aliphatic rings. The molecule has 0 radical (unpaired) electrons. The molecule has 4 aromatic rings. The number of anilines is 1. The number of carboxylic acid groups (broad SMARTS) is 1. The molecule has 2 atom stereocenters. The first-order valence-corrected chi connectivity index (χ1v) is 13.9. The van der Waals surface area contributed by atoms with E-state index in [9.17, 15) is 33.7 Å². The summed E-state index contributed by atoms with van der Waals surface area (Å²) in [6.45, 7) is 3.74. The number of hydrogen-bond donors (Lipinski definition) is 5. The van der Waals surface area contributed by atoms with Gasteiger partial charge in [-0.25, -0.2) is 8.78 Å². The van der Waals surface area contributed by atoms with Gasteiger partial charge in [0.2, 0.25) is 0 Å². The number of rotatable bonds is 12. The summed E-state index contributed by atoms with van der Waals surface area (Å²) in [6, 6.07) is 17.3. The van der Waals surface area contributed by atoms with Gasteiger partial charge in [-0.3, -0.25) is 9.59 Å². The van der Waals surface area contributed by atoms with Crippen LogP contribution in [-0.4, -0.2) is 78.6 Å². The molecule has 0 aliphatic carbocycles. The average Bonchev–Trinajstić information content (AvgIpc) is 3.29. The van der Waals surface area contributed by atoms with E-state index in [4.69, 9.17) is 5.11 Å². The van der Waals surface area contributed by atoms with E-state index >= 15 is 0 Å². The van der Waals surface area contributed by atoms with Crippen molar-refractivity contribution >= 4 is 47.1 Å². The SMILES string of the molecule is CC(C)n1c(CC[C@@H](O)C[C@@H](O)CC(=O)O)c(-c2ccc(F)cc2)c(-c2ccc(F)cc2)c1C(=O)Nc1ccccc1O.[NaH]. The fourth-order valence-electron chi connectivity index (χ4n) is 5.28. The number of amides is 1. The quantitative estimate of drug-likeness (QED) is 0.105. The zero-order chi connectivity index (χ0) is 31.3. The zero-order valence-corrected chi connectivity index (χ0v) is 23.8. The second-order valence-electron chi connectivity index (χ2n) is 10.7. The second kappa shape index (κ2) is 15.5. The van der Waals surface area contributed by atoms with Gasteiger partial charge in [0.15, 0.2) is 0 Å². The molecule has 0 bridgehead atoms. The molecule has 0 spiro atoms. The van der Waals surface area contributed by atoms with E-state index in [2.05, 4.69) is 5.32 Å². The molecule has 1 amide bonds. The molecule has 8 nitrogen and oxygen atoms in total. The van der Waals surface area contributed by atoms with E-state index in [1.807, 2.05) is 13.8 Å². The molecule has 0 saturated carbocycles. The van der Waals surface area contributed by atoms with Crippen LogP contribution in [0, 0.1) is 11.6 Å².